The van der Waals surface area contributed by atoms with E-state index in [0.717, 1.165) is 11.5 Å². The van der Waals surface area contributed by atoms with Gasteiger partial charge in [0.15, 0.2) is 0 Å². The summed E-state index contributed by atoms with van der Waals surface area (Å²) in [5, 5.41) is 9.00. The van der Waals surface area contributed by atoms with Crippen molar-refractivity contribution < 1.29 is 14.6 Å². The van der Waals surface area contributed by atoms with Crippen LogP contribution in [0.3, 0.4) is 0 Å². The molecule has 0 saturated heterocycles. The van der Waals surface area contributed by atoms with Crippen LogP contribution >= 0.6 is 0 Å². The Kier molecular flexibility index (Phi) is 4.26. The molecule has 78 valence electrons. The van der Waals surface area contributed by atoms with Crippen molar-refractivity contribution in [3.05, 3.63) is 24.3 Å². The lowest BCUT2D eigenvalue weighted by atomic mass is 10.3. The maximum Gasteiger partial charge on any atom is 0.119 e. The van der Waals surface area contributed by atoms with Gasteiger partial charge in [0.25, 0.3) is 0 Å². The third-order valence-corrected chi connectivity index (χ3v) is 1.63. The van der Waals surface area contributed by atoms with Crippen LogP contribution in [0.15, 0.2) is 24.3 Å². The summed E-state index contributed by atoms with van der Waals surface area (Å²) in [7, 11) is 0. The van der Waals surface area contributed by atoms with Crippen molar-refractivity contribution in [1.82, 2.24) is 0 Å². The highest BCUT2D eigenvalue weighted by molar-refractivity contribution is 5.31. The highest BCUT2D eigenvalue weighted by Gasteiger charge is 1.98. The molecule has 14 heavy (non-hydrogen) atoms. The number of ether oxygens (including phenoxy) is 2. The van der Waals surface area contributed by atoms with Crippen LogP contribution in [0.1, 0.15) is 13.8 Å². The minimum atomic E-state index is -0.443. The first-order valence-corrected chi connectivity index (χ1v) is 4.76. The van der Waals surface area contributed by atoms with Gasteiger partial charge in [-0.3, -0.25) is 0 Å². The van der Waals surface area contributed by atoms with E-state index >= 15 is 0 Å². The number of aliphatic hydroxyl groups excluding tert-OH is 1. The highest BCUT2D eigenvalue weighted by atomic mass is 16.5. The van der Waals surface area contributed by atoms with E-state index in [0.29, 0.717) is 13.2 Å². The van der Waals surface area contributed by atoms with Crippen molar-refractivity contribution in [1.29, 1.82) is 0 Å². The van der Waals surface area contributed by atoms with Crippen molar-refractivity contribution in [2.45, 2.75) is 20.0 Å². The summed E-state index contributed by atoms with van der Waals surface area (Å²) in [6.45, 7) is 4.61. The molecule has 1 N–H and O–H groups in total. The number of hydrogen-bond donors (Lipinski definition) is 1. The summed E-state index contributed by atoms with van der Waals surface area (Å²) >= 11 is 0. The molecule has 0 saturated carbocycles. The third-order valence-electron chi connectivity index (χ3n) is 1.63. The summed E-state index contributed by atoms with van der Waals surface area (Å²) in [5.41, 5.74) is 0. The maximum absolute atomic E-state index is 9.00. The molecule has 0 aromatic heterocycles. The quantitative estimate of drug-likeness (QED) is 0.781. The van der Waals surface area contributed by atoms with E-state index in [9.17, 15) is 0 Å². The molecule has 0 fully saturated rings. The molecule has 0 spiro atoms. The molecule has 0 amide bonds. The second kappa shape index (κ2) is 5.50. The summed E-state index contributed by atoms with van der Waals surface area (Å²) in [5.74, 6) is 1.58. The standard InChI is InChI=1S/C11H16O3/c1-3-13-10-4-6-11(7-5-10)14-8-9(2)12/h4-7,9,12H,3,8H2,1-2H3/t9-/m0/s1. The van der Waals surface area contributed by atoms with E-state index in [1.54, 1.807) is 6.92 Å². The second-order valence-electron chi connectivity index (χ2n) is 3.06. The fraction of sp³-hybridized carbons (Fsp3) is 0.455. The molecular weight excluding hydrogens is 180 g/mol. The van der Waals surface area contributed by atoms with Gasteiger partial charge in [-0.2, -0.15) is 0 Å². The summed E-state index contributed by atoms with van der Waals surface area (Å²) < 4.78 is 10.6. The summed E-state index contributed by atoms with van der Waals surface area (Å²) in [6, 6.07) is 7.35. The summed E-state index contributed by atoms with van der Waals surface area (Å²) in [4.78, 5) is 0. The van der Waals surface area contributed by atoms with Gasteiger partial charge in [0.2, 0.25) is 0 Å². The van der Waals surface area contributed by atoms with Gasteiger partial charge in [-0.25, -0.2) is 0 Å². The minimum absolute atomic E-state index is 0.313. The summed E-state index contributed by atoms with van der Waals surface area (Å²) in [6.07, 6.45) is -0.443. The Labute approximate surface area is 84.3 Å². The molecule has 1 rings (SSSR count). The van der Waals surface area contributed by atoms with Crippen molar-refractivity contribution in [2.75, 3.05) is 13.2 Å². The lowest BCUT2D eigenvalue weighted by Crippen LogP contribution is -2.12. The molecule has 3 heteroatoms. The molecule has 0 unspecified atom stereocenters. The lowest BCUT2D eigenvalue weighted by Gasteiger charge is -2.08. The SMILES string of the molecule is CCOc1ccc(OC[C@H](C)O)cc1. The fourth-order valence-corrected chi connectivity index (χ4v) is 1.02. The first-order valence-electron chi connectivity index (χ1n) is 4.76. The first kappa shape index (κ1) is 10.9. The molecular formula is C11H16O3. The largest absolute Gasteiger partial charge is 0.494 e. The number of rotatable bonds is 5. The number of benzene rings is 1. The van der Waals surface area contributed by atoms with Crippen molar-refractivity contribution in [3.63, 3.8) is 0 Å². The van der Waals surface area contributed by atoms with Gasteiger partial charge < -0.3 is 14.6 Å². The van der Waals surface area contributed by atoms with Crippen LogP contribution in [0.4, 0.5) is 0 Å². The molecule has 1 aromatic rings. The first-order chi connectivity index (χ1) is 6.72. The molecule has 0 aliphatic heterocycles. The van der Waals surface area contributed by atoms with E-state index in [-0.39, 0.29) is 0 Å². The number of hydrogen-bond acceptors (Lipinski definition) is 3. The van der Waals surface area contributed by atoms with E-state index in [1.165, 1.54) is 0 Å². The van der Waals surface area contributed by atoms with Gasteiger partial charge in [-0.05, 0) is 38.1 Å². The van der Waals surface area contributed by atoms with Gasteiger partial charge in [0.1, 0.15) is 18.1 Å². The van der Waals surface area contributed by atoms with Gasteiger partial charge in [0.05, 0.1) is 12.7 Å². The van der Waals surface area contributed by atoms with Crippen LogP contribution in [0.2, 0.25) is 0 Å². The van der Waals surface area contributed by atoms with Gasteiger partial charge in [0, 0.05) is 0 Å². The Morgan fingerprint density at radius 2 is 1.64 bits per heavy atom. The maximum atomic E-state index is 9.00. The van der Waals surface area contributed by atoms with Gasteiger partial charge in [-0.15, -0.1) is 0 Å². The normalized spacial score (nSPS) is 12.2. The number of aliphatic hydroxyl groups is 1. The molecule has 1 aromatic carbocycles. The van der Waals surface area contributed by atoms with Crippen LogP contribution in [0, 0.1) is 0 Å². The molecule has 0 radical (unpaired) electrons. The van der Waals surface area contributed by atoms with Crippen LogP contribution < -0.4 is 9.47 Å². The fourth-order valence-electron chi connectivity index (χ4n) is 1.02. The van der Waals surface area contributed by atoms with Crippen LogP contribution in [-0.4, -0.2) is 24.4 Å². The average molecular weight is 196 g/mol. The average Bonchev–Trinajstić information content (AvgIpc) is 2.17. The third kappa shape index (κ3) is 3.66. The molecule has 0 aliphatic rings. The Balaban J connectivity index is 2.46. The van der Waals surface area contributed by atoms with Gasteiger partial charge in [-0.1, -0.05) is 0 Å². The smallest absolute Gasteiger partial charge is 0.119 e. The highest BCUT2D eigenvalue weighted by Crippen LogP contribution is 2.17. The Bertz CT molecular complexity index is 254. The van der Waals surface area contributed by atoms with E-state index < -0.39 is 6.10 Å². The lowest BCUT2D eigenvalue weighted by molar-refractivity contribution is 0.122. The molecule has 3 nitrogen and oxygen atoms in total. The Morgan fingerprint density at radius 3 is 2.07 bits per heavy atom. The van der Waals surface area contributed by atoms with Crippen LogP contribution in [-0.2, 0) is 0 Å². The zero-order valence-corrected chi connectivity index (χ0v) is 8.56. The van der Waals surface area contributed by atoms with E-state index in [1.807, 2.05) is 31.2 Å². The van der Waals surface area contributed by atoms with Crippen LogP contribution in [0.25, 0.3) is 0 Å². The Hall–Kier alpha value is -1.22. The van der Waals surface area contributed by atoms with E-state index in [2.05, 4.69) is 0 Å². The van der Waals surface area contributed by atoms with Crippen LogP contribution in [0.5, 0.6) is 11.5 Å². The molecule has 0 bridgehead atoms. The molecule has 1 atom stereocenters. The van der Waals surface area contributed by atoms with E-state index in [4.69, 9.17) is 14.6 Å². The predicted molar refractivity (Wildman–Crippen MR) is 54.8 cm³/mol. The van der Waals surface area contributed by atoms with Crippen molar-refractivity contribution in [2.24, 2.45) is 0 Å². The van der Waals surface area contributed by atoms with Gasteiger partial charge >= 0.3 is 0 Å². The molecule has 0 aliphatic carbocycles. The second-order valence-corrected chi connectivity index (χ2v) is 3.06. The zero-order chi connectivity index (χ0) is 10.4. The minimum Gasteiger partial charge on any atom is -0.494 e. The molecule has 0 heterocycles. The zero-order valence-electron chi connectivity index (χ0n) is 8.56. The predicted octanol–water partition coefficient (Wildman–Crippen LogP) is 1.84. The topological polar surface area (TPSA) is 38.7 Å². The Morgan fingerprint density at radius 1 is 1.14 bits per heavy atom. The van der Waals surface area contributed by atoms with Crippen molar-refractivity contribution in [3.8, 4) is 11.5 Å². The van der Waals surface area contributed by atoms with Crippen molar-refractivity contribution >= 4 is 0 Å². The monoisotopic (exact) mass is 196 g/mol.